The topological polar surface area (TPSA) is 80.6 Å². The number of ether oxygens (including phenoxy) is 1. The van der Waals surface area contributed by atoms with Crippen LogP contribution in [0, 0.1) is 0 Å². The van der Waals surface area contributed by atoms with Crippen molar-refractivity contribution in [2.75, 3.05) is 13.7 Å². The molecule has 0 aliphatic heterocycles. The van der Waals surface area contributed by atoms with E-state index in [2.05, 4.69) is 10.6 Å². The van der Waals surface area contributed by atoms with Crippen molar-refractivity contribution in [3.63, 3.8) is 0 Å². The molecule has 1 heterocycles. The van der Waals surface area contributed by atoms with Crippen molar-refractivity contribution in [1.29, 1.82) is 0 Å². The van der Waals surface area contributed by atoms with E-state index >= 15 is 0 Å². The van der Waals surface area contributed by atoms with Crippen LogP contribution in [-0.4, -0.2) is 25.5 Å². The first-order chi connectivity index (χ1) is 16.7. The molecule has 0 saturated carbocycles. The summed E-state index contributed by atoms with van der Waals surface area (Å²) in [7, 11) is 1.51. The Hall–Kier alpha value is -4.01. The van der Waals surface area contributed by atoms with Crippen molar-refractivity contribution in [2.24, 2.45) is 0 Å². The highest BCUT2D eigenvalue weighted by Crippen LogP contribution is 2.32. The fourth-order valence-electron chi connectivity index (χ4n) is 3.15. The van der Waals surface area contributed by atoms with E-state index in [1.807, 2.05) is 6.92 Å². The zero-order valence-electron chi connectivity index (χ0n) is 19.2. The van der Waals surface area contributed by atoms with Crippen LogP contribution in [0.2, 0.25) is 0 Å². The quantitative estimate of drug-likeness (QED) is 0.302. The molecule has 1 aromatic heterocycles. The zero-order valence-corrected chi connectivity index (χ0v) is 19.2. The second-order valence-corrected chi connectivity index (χ2v) is 7.63. The number of hydrogen-bond acceptors (Lipinski definition) is 4. The molecule has 0 aliphatic rings. The van der Waals surface area contributed by atoms with E-state index in [4.69, 9.17) is 9.15 Å². The van der Waals surface area contributed by atoms with Crippen molar-refractivity contribution in [1.82, 2.24) is 10.6 Å². The Balaban J connectivity index is 1.86. The van der Waals surface area contributed by atoms with Gasteiger partial charge in [-0.05, 0) is 55.0 Å². The number of halogens is 3. The largest absolute Gasteiger partial charge is 0.497 e. The fourth-order valence-corrected chi connectivity index (χ4v) is 3.15. The number of furan rings is 1. The lowest BCUT2D eigenvalue weighted by molar-refractivity contribution is -0.137. The third-order valence-corrected chi connectivity index (χ3v) is 5.05. The van der Waals surface area contributed by atoms with Gasteiger partial charge in [-0.25, -0.2) is 0 Å². The normalized spacial score (nSPS) is 11.7. The molecule has 0 atom stereocenters. The standard InChI is InChI=1S/C26H25F3N2O4/c1-3-4-14-30-25(33)22(31-24(32)17-8-10-20(34-2)11-9-17)16-21-12-13-23(35-21)18-6-5-7-19(15-18)26(27,28)29/h5-13,15-16H,3-4,14H2,1-2H3,(H,30,33)(H,31,32). The molecular weight excluding hydrogens is 461 g/mol. The number of alkyl halides is 3. The van der Waals surface area contributed by atoms with E-state index in [1.165, 1.54) is 37.5 Å². The van der Waals surface area contributed by atoms with Crippen molar-refractivity contribution < 1.29 is 31.9 Å². The van der Waals surface area contributed by atoms with Crippen LogP contribution in [0.1, 0.15) is 41.4 Å². The molecule has 2 amide bonds. The maximum Gasteiger partial charge on any atom is 0.416 e. The summed E-state index contributed by atoms with van der Waals surface area (Å²) in [4.78, 5) is 25.5. The first kappa shape index (κ1) is 25.6. The number of nitrogens with one attached hydrogen (secondary N) is 2. The Kier molecular flexibility index (Phi) is 8.35. The zero-order chi connectivity index (χ0) is 25.4. The summed E-state index contributed by atoms with van der Waals surface area (Å²) < 4.78 is 49.9. The number of hydrogen-bond donors (Lipinski definition) is 2. The molecule has 0 fully saturated rings. The molecule has 184 valence electrons. The number of rotatable bonds is 9. The van der Waals surface area contributed by atoms with Gasteiger partial charge in [0.15, 0.2) is 0 Å². The van der Waals surface area contributed by atoms with Gasteiger partial charge in [0.05, 0.1) is 12.7 Å². The van der Waals surface area contributed by atoms with Gasteiger partial charge < -0.3 is 19.8 Å². The summed E-state index contributed by atoms with van der Waals surface area (Å²) in [5, 5.41) is 5.32. The van der Waals surface area contributed by atoms with Crippen molar-refractivity contribution in [3.8, 4) is 17.1 Å². The predicted octanol–water partition coefficient (Wildman–Crippen LogP) is 5.66. The molecule has 2 N–H and O–H groups in total. The molecule has 0 spiro atoms. The number of carbonyl (C=O) groups excluding carboxylic acids is 2. The van der Waals surface area contributed by atoms with Crippen LogP contribution >= 0.6 is 0 Å². The second kappa shape index (κ2) is 11.4. The highest BCUT2D eigenvalue weighted by molar-refractivity contribution is 6.05. The van der Waals surface area contributed by atoms with Crippen LogP contribution in [0.25, 0.3) is 17.4 Å². The molecule has 0 saturated heterocycles. The van der Waals surface area contributed by atoms with Gasteiger partial charge in [-0.2, -0.15) is 13.2 Å². The molecule has 0 unspecified atom stereocenters. The average Bonchev–Trinajstić information content (AvgIpc) is 3.32. The predicted molar refractivity (Wildman–Crippen MR) is 126 cm³/mol. The minimum atomic E-state index is -4.49. The summed E-state index contributed by atoms with van der Waals surface area (Å²) in [5.41, 5.74) is -0.323. The third-order valence-electron chi connectivity index (χ3n) is 5.05. The van der Waals surface area contributed by atoms with Crippen LogP contribution in [0.5, 0.6) is 5.75 Å². The minimum absolute atomic E-state index is 0.0631. The highest BCUT2D eigenvalue weighted by atomic mass is 19.4. The van der Waals surface area contributed by atoms with E-state index < -0.39 is 23.6 Å². The summed E-state index contributed by atoms with van der Waals surface area (Å²) in [6.45, 7) is 2.39. The van der Waals surface area contributed by atoms with Crippen LogP contribution < -0.4 is 15.4 Å². The van der Waals surface area contributed by atoms with Crippen LogP contribution in [-0.2, 0) is 11.0 Å². The lowest BCUT2D eigenvalue weighted by Gasteiger charge is -2.11. The number of unbranched alkanes of at least 4 members (excludes halogenated alkanes) is 1. The number of amides is 2. The van der Waals surface area contributed by atoms with Crippen LogP contribution in [0.4, 0.5) is 13.2 Å². The smallest absolute Gasteiger partial charge is 0.416 e. The second-order valence-electron chi connectivity index (χ2n) is 7.63. The molecule has 0 radical (unpaired) electrons. The maximum atomic E-state index is 13.0. The van der Waals surface area contributed by atoms with Crippen molar-refractivity contribution in [3.05, 3.63) is 83.2 Å². The Morgan fingerprint density at radius 3 is 2.46 bits per heavy atom. The highest BCUT2D eigenvalue weighted by Gasteiger charge is 2.30. The summed E-state index contributed by atoms with van der Waals surface area (Å²) >= 11 is 0. The van der Waals surface area contributed by atoms with Crippen LogP contribution in [0.15, 0.2) is 70.8 Å². The molecule has 6 nitrogen and oxygen atoms in total. The Bertz CT molecular complexity index is 1200. The van der Waals surface area contributed by atoms with Crippen molar-refractivity contribution in [2.45, 2.75) is 25.9 Å². The average molecular weight is 486 g/mol. The molecule has 0 bridgehead atoms. The monoisotopic (exact) mass is 486 g/mol. The fraction of sp³-hybridized carbons (Fsp3) is 0.231. The van der Waals surface area contributed by atoms with Gasteiger partial charge in [0.2, 0.25) is 0 Å². The first-order valence-corrected chi connectivity index (χ1v) is 10.9. The number of methoxy groups -OCH3 is 1. The molecule has 0 aliphatic carbocycles. The lowest BCUT2D eigenvalue weighted by atomic mass is 10.1. The van der Waals surface area contributed by atoms with Gasteiger partial charge in [0, 0.05) is 23.7 Å². The van der Waals surface area contributed by atoms with Gasteiger partial charge in [0.1, 0.15) is 23.0 Å². The molecule has 35 heavy (non-hydrogen) atoms. The number of benzene rings is 2. The van der Waals surface area contributed by atoms with E-state index in [0.717, 1.165) is 25.0 Å². The van der Waals surface area contributed by atoms with Gasteiger partial charge >= 0.3 is 6.18 Å². The molecule has 3 rings (SSSR count). The SMILES string of the molecule is CCCCNC(=O)C(=Cc1ccc(-c2cccc(C(F)(F)F)c2)o1)NC(=O)c1ccc(OC)cc1. The Morgan fingerprint density at radius 1 is 1.06 bits per heavy atom. The summed E-state index contributed by atoms with van der Waals surface area (Å²) in [5.74, 6) is -0.0819. The van der Waals surface area contributed by atoms with Gasteiger partial charge in [-0.15, -0.1) is 0 Å². The Labute approximate surface area is 200 Å². The molecule has 9 heteroatoms. The molecule has 2 aromatic carbocycles. The first-order valence-electron chi connectivity index (χ1n) is 10.9. The van der Waals surface area contributed by atoms with E-state index in [9.17, 15) is 22.8 Å². The molecular formula is C26H25F3N2O4. The Morgan fingerprint density at radius 2 is 1.80 bits per heavy atom. The van der Waals surface area contributed by atoms with Gasteiger partial charge in [0.25, 0.3) is 11.8 Å². The van der Waals surface area contributed by atoms with E-state index in [-0.39, 0.29) is 22.8 Å². The van der Waals surface area contributed by atoms with E-state index in [1.54, 1.807) is 24.3 Å². The van der Waals surface area contributed by atoms with Crippen LogP contribution in [0.3, 0.4) is 0 Å². The van der Waals surface area contributed by atoms with E-state index in [0.29, 0.717) is 17.9 Å². The maximum absolute atomic E-state index is 13.0. The van der Waals surface area contributed by atoms with Gasteiger partial charge in [-0.3, -0.25) is 9.59 Å². The summed E-state index contributed by atoms with van der Waals surface area (Å²) in [6, 6.07) is 14.1. The van der Waals surface area contributed by atoms with Gasteiger partial charge in [-0.1, -0.05) is 25.5 Å². The summed E-state index contributed by atoms with van der Waals surface area (Å²) in [6.07, 6.45) is -1.53. The van der Waals surface area contributed by atoms with Crippen molar-refractivity contribution >= 4 is 17.9 Å². The number of carbonyl (C=O) groups is 2. The molecule has 3 aromatic rings. The third kappa shape index (κ3) is 6.99. The minimum Gasteiger partial charge on any atom is -0.497 e. The lowest BCUT2D eigenvalue weighted by Crippen LogP contribution is -2.35.